The largest absolute Gasteiger partial charge is 0.750 e. The van der Waals surface area contributed by atoms with E-state index in [1.165, 1.54) is 24.3 Å². The zero-order chi connectivity index (χ0) is 15.3. The van der Waals surface area contributed by atoms with Gasteiger partial charge in [0.05, 0.1) is 17.5 Å². The second-order valence-corrected chi connectivity index (χ2v) is 4.47. The number of halogens is 3. The van der Waals surface area contributed by atoms with Crippen molar-refractivity contribution in [3.8, 4) is 0 Å². The molecule has 3 unspecified atom stereocenters. The summed E-state index contributed by atoms with van der Waals surface area (Å²) in [4.78, 5) is 10.7. The van der Waals surface area contributed by atoms with E-state index in [1.54, 1.807) is 6.07 Å². The molecule has 0 spiro atoms. The van der Waals surface area contributed by atoms with E-state index in [0.29, 0.717) is 0 Å². The minimum absolute atomic E-state index is 0.146. The maximum atomic E-state index is 12.6. The molecule has 0 aliphatic heterocycles. The van der Waals surface area contributed by atoms with Crippen molar-refractivity contribution in [2.24, 2.45) is 5.92 Å². The van der Waals surface area contributed by atoms with Gasteiger partial charge in [0, 0.05) is 6.42 Å². The van der Waals surface area contributed by atoms with Crippen LogP contribution in [-0.4, -0.2) is 26.0 Å². The molecule has 5 nitrogen and oxygen atoms in total. The lowest BCUT2D eigenvalue weighted by Gasteiger charge is -2.23. The third kappa shape index (κ3) is 4.91. The molecule has 0 radical (unpaired) electrons. The van der Waals surface area contributed by atoms with Crippen molar-refractivity contribution < 1.29 is 36.0 Å². The molecule has 9 heteroatoms. The van der Waals surface area contributed by atoms with E-state index in [2.05, 4.69) is 4.18 Å². The van der Waals surface area contributed by atoms with Crippen LogP contribution in [0.2, 0.25) is 0 Å². The first-order chi connectivity index (χ1) is 9.21. The van der Waals surface area contributed by atoms with E-state index in [0.717, 1.165) is 0 Å². The Labute approximate surface area is 114 Å². The standard InChI is InChI=1S/C11H11F3O5S/c12-11(13,14)8(10(15)16)6-9(19-20(17)18)7-4-2-1-3-5-7/h1-5,8-9H,6H2,(H,15,16)(H,17,18)/p-1. The van der Waals surface area contributed by atoms with E-state index in [-0.39, 0.29) is 5.56 Å². The highest BCUT2D eigenvalue weighted by Crippen LogP contribution is 2.35. The third-order valence-corrected chi connectivity index (χ3v) is 2.90. The van der Waals surface area contributed by atoms with Crippen LogP contribution in [0, 0.1) is 5.92 Å². The molecule has 0 saturated heterocycles. The number of hydrogen-bond donors (Lipinski definition) is 1. The van der Waals surface area contributed by atoms with Crippen LogP contribution in [0.3, 0.4) is 0 Å². The first kappa shape index (κ1) is 16.6. The monoisotopic (exact) mass is 311 g/mol. The Kier molecular flexibility index (Phi) is 5.66. The summed E-state index contributed by atoms with van der Waals surface area (Å²) in [6.07, 6.45) is -7.54. The number of carboxylic acids is 1. The Morgan fingerprint density at radius 1 is 1.35 bits per heavy atom. The molecule has 1 N–H and O–H groups in total. The van der Waals surface area contributed by atoms with Gasteiger partial charge in [-0.3, -0.25) is 8.98 Å². The smallest absolute Gasteiger partial charge is 0.402 e. The van der Waals surface area contributed by atoms with Gasteiger partial charge < -0.3 is 9.66 Å². The topological polar surface area (TPSA) is 86.7 Å². The number of hydrogen-bond acceptors (Lipinski definition) is 4. The molecule has 0 fully saturated rings. The first-order valence-electron chi connectivity index (χ1n) is 5.32. The van der Waals surface area contributed by atoms with Crippen molar-refractivity contribution >= 4 is 17.3 Å². The summed E-state index contributed by atoms with van der Waals surface area (Å²) in [6, 6.07) is 7.23. The van der Waals surface area contributed by atoms with Crippen molar-refractivity contribution in [3.63, 3.8) is 0 Å². The summed E-state index contributed by atoms with van der Waals surface area (Å²) in [5.41, 5.74) is 0.146. The van der Waals surface area contributed by atoms with Crippen molar-refractivity contribution in [2.45, 2.75) is 18.7 Å². The molecule has 3 atom stereocenters. The van der Waals surface area contributed by atoms with Gasteiger partial charge in [-0.15, -0.1) is 0 Å². The summed E-state index contributed by atoms with van der Waals surface area (Å²) in [5.74, 6) is -4.80. The fourth-order valence-electron chi connectivity index (χ4n) is 1.58. The minimum atomic E-state index is -4.99. The lowest BCUT2D eigenvalue weighted by molar-refractivity contribution is -0.198. The van der Waals surface area contributed by atoms with Gasteiger partial charge in [0.1, 0.15) is 0 Å². The number of benzene rings is 1. The van der Waals surface area contributed by atoms with Gasteiger partial charge in [-0.1, -0.05) is 30.3 Å². The van der Waals surface area contributed by atoms with E-state index < -0.39 is 41.9 Å². The molecule has 0 aliphatic carbocycles. The summed E-state index contributed by atoms with van der Waals surface area (Å²) in [6.45, 7) is 0. The highest BCUT2D eigenvalue weighted by Gasteiger charge is 2.46. The van der Waals surface area contributed by atoms with Gasteiger partial charge in [-0.05, 0) is 5.56 Å². The predicted molar refractivity (Wildman–Crippen MR) is 61.0 cm³/mol. The molecule has 0 aliphatic rings. The van der Waals surface area contributed by atoms with Gasteiger partial charge in [0.25, 0.3) is 0 Å². The number of carbonyl (C=O) groups is 1. The molecule has 1 aromatic carbocycles. The summed E-state index contributed by atoms with van der Waals surface area (Å²) >= 11 is -3.06. The van der Waals surface area contributed by atoms with Gasteiger partial charge in [-0.2, -0.15) is 13.2 Å². The summed E-state index contributed by atoms with van der Waals surface area (Å²) in [7, 11) is 0. The van der Waals surface area contributed by atoms with Crippen LogP contribution < -0.4 is 0 Å². The Bertz CT molecular complexity index is 477. The highest BCUT2D eigenvalue weighted by atomic mass is 32.2. The molecule has 20 heavy (non-hydrogen) atoms. The second-order valence-electron chi connectivity index (χ2n) is 3.87. The Balaban J connectivity index is 3.00. The van der Waals surface area contributed by atoms with Crippen molar-refractivity contribution in [1.82, 2.24) is 0 Å². The van der Waals surface area contributed by atoms with E-state index in [1.807, 2.05) is 0 Å². The Morgan fingerprint density at radius 3 is 2.30 bits per heavy atom. The molecule has 112 valence electrons. The Hall–Kier alpha value is -1.45. The van der Waals surface area contributed by atoms with Crippen LogP contribution in [0.5, 0.6) is 0 Å². The van der Waals surface area contributed by atoms with Gasteiger partial charge in [-0.25, -0.2) is 4.21 Å². The molecule has 1 aromatic rings. The van der Waals surface area contributed by atoms with Gasteiger partial charge in [0.15, 0.2) is 5.92 Å². The molecule has 0 amide bonds. The fraction of sp³-hybridized carbons (Fsp3) is 0.364. The van der Waals surface area contributed by atoms with Crippen molar-refractivity contribution in [2.75, 3.05) is 0 Å². The molecular weight excluding hydrogens is 301 g/mol. The SMILES string of the molecule is O=C(O)C(CC(OS(=O)[O-])c1ccccc1)C(F)(F)F. The average Bonchev–Trinajstić information content (AvgIpc) is 2.33. The number of rotatable bonds is 6. The summed E-state index contributed by atoms with van der Waals surface area (Å²) in [5, 5.41) is 8.61. The molecule has 1 rings (SSSR count). The molecule has 0 bridgehead atoms. The van der Waals surface area contributed by atoms with Crippen molar-refractivity contribution in [1.29, 1.82) is 0 Å². The Morgan fingerprint density at radius 2 is 1.90 bits per heavy atom. The van der Waals surface area contributed by atoms with Gasteiger partial charge >= 0.3 is 12.1 Å². The first-order valence-corrected chi connectivity index (χ1v) is 6.32. The maximum Gasteiger partial charge on any atom is 0.402 e. The van der Waals surface area contributed by atoms with E-state index in [9.17, 15) is 26.7 Å². The van der Waals surface area contributed by atoms with Crippen LogP contribution in [0.1, 0.15) is 18.1 Å². The zero-order valence-corrected chi connectivity index (χ0v) is 10.7. The minimum Gasteiger partial charge on any atom is -0.750 e. The van der Waals surface area contributed by atoms with Crippen LogP contribution in [0.15, 0.2) is 30.3 Å². The molecule has 0 saturated carbocycles. The lowest BCUT2D eigenvalue weighted by atomic mass is 9.96. The molecule has 0 aromatic heterocycles. The van der Waals surface area contributed by atoms with Crippen LogP contribution in [-0.2, 0) is 20.3 Å². The second kappa shape index (κ2) is 6.82. The average molecular weight is 311 g/mol. The predicted octanol–water partition coefficient (Wildman–Crippen LogP) is 2.19. The lowest BCUT2D eigenvalue weighted by Crippen LogP contribution is -2.32. The molecule has 0 heterocycles. The highest BCUT2D eigenvalue weighted by molar-refractivity contribution is 7.74. The fourth-order valence-corrected chi connectivity index (χ4v) is 1.96. The molecular formula is C11H10F3O5S-. The normalized spacial score (nSPS) is 16.4. The summed E-state index contributed by atoms with van der Waals surface area (Å²) < 4.78 is 63.2. The van der Waals surface area contributed by atoms with E-state index >= 15 is 0 Å². The third-order valence-electron chi connectivity index (χ3n) is 2.51. The number of alkyl halides is 3. The number of aliphatic carboxylic acids is 1. The quantitative estimate of drug-likeness (QED) is 0.814. The zero-order valence-electron chi connectivity index (χ0n) is 9.87. The maximum absolute atomic E-state index is 12.6. The number of carboxylic acid groups (broad SMARTS) is 1. The van der Waals surface area contributed by atoms with Gasteiger partial charge in [0.2, 0.25) is 0 Å². The van der Waals surface area contributed by atoms with Crippen LogP contribution >= 0.6 is 0 Å². The van der Waals surface area contributed by atoms with Crippen LogP contribution in [0.25, 0.3) is 0 Å². The van der Waals surface area contributed by atoms with E-state index in [4.69, 9.17) is 5.11 Å². The van der Waals surface area contributed by atoms with Crippen molar-refractivity contribution in [3.05, 3.63) is 35.9 Å². The van der Waals surface area contributed by atoms with Crippen LogP contribution in [0.4, 0.5) is 13.2 Å².